The number of nitrogens with zero attached hydrogens (tertiary/aromatic N) is 4. The maximum atomic E-state index is 13.1. The number of carbonyl (C=O) groups excluding carboxylic acids is 1. The van der Waals surface area contributed by atoms with Gasteiger partial charge in [0.15, 0.2) is 0 Å². The summed E-state index contributed by atoms with van der Waals surface area (Å²) in [6, 6.07) is 12.4. The van der Waals surface area contributed by atoms with Crippen LogP contribution in [0.15, 0.2) is 42.6 Å². The predicted octanol–water partition coefficient (Wildman–Crippen LogP) is 3.94. The molecule has 0 spiro atoms. The smallest absolute Gasteiger partial charge is 0.257 e. The Bertz CT molecular complexity index is 793. The van der Waals surface area contributed by atoms with Gasteiger partial charge in [0, 0.05) is 51.7 Å². The summed E-state index contributed by atoms with van der Waals surface area (Å²) in [5.74, 6) is 0.868. The highest BCUT2D eigenvalue weighted by Crippen LogP contribution is 2.24. The molecule has 3 heterocycles. The van der Waals surface area contributed by atoms with Crippen molar-refractivity contribution in [3.05, 3.63) is 53.7 Å². The molecule has 2 saturated heterocycles. The van der Waals surface area contributed by atoms with E-state index in [1.165, 1.54) is 37.8 Å². The summed E-state index contributed by atoms with van der Waals surface area (Å²) in [5, 5.41) is 0. The van der Waals surface area contributed by atoms with Gasteiger partial charge in [-0.2, -0.15) is 0 Å². The van der Waals surface area contributed by atoms with E-state index < -0.39 is 0 Å². The number of carbonyl (C=O) groups is 1. The quantitative estimate of drug-likeness (QED) is 0.790. The van der Waals surface area contributed by atoms with Crippen LogP contribution >= 0.6 is 0 Å². The summed E-state index contributed by atoms with van der Waals surface area (Å²) in [4.78, 5) is 24.1. The van der Waals surface area contributed by atoms with E-state index in [2.05, 4.69) is 39.0 Å². The summed E-state index contributed by atoms with van der Waals surface area (Å²) in [7, 11) is 1.88. The fraction of sp³-hybridized carbons (Fsp3) is 0.478. The number of aromatic nitrogens is 1. The van der Waals surface area contributed by atoms with Gasteiger partial charge in [-0.3, -0.25) is 4.79 Å². The van der Waals surface area contributed by atoms with Crippen molar-refractivity contribution in [1.82, 2.24) is 9.88 Å². The largest absolute Gasteiger partial charge is 0.372 e. The van der Waals surface area contributed by atoms with E-state index >= 15 is 0 Å². The minimum Gasteiger partial charge on any atom is -0.372 e. The highest BCUT2D eigenvalue weighted by atomic mass is 16.2. The number of rotatable bonds is 5. The lowest BCUT2D eigenvalue weighted by atomic mass is 10.1. The van der Waals surface area contributed by atoms with Crippen LogP contribution in [0.25, 0.3) is 0 Å². The molecule has 0 atom stereocenters. The third-order valence-corrected chi connectivity index (χ3v) is 5.85. The van der Waals surface area contributed by atoms with Crippen LogP contribution in [0.4, 0.5) is 11.5 Å². The summed E-state index contributed by atoms with van der Waals surface area (Å²) >= 11 is 0. The number of piperidine rings is 1. The fourth-order valence-corrected chi connectivity index (χ4v) is 4.26. The minimum absolute atomic E-state index is 0.0371. The molecule has 28 heavy (non-hydrogen) atoms. The summed E-state index contributed by atoms with van der Waals surface area (Å²) in [5.41, 5.74) is 3.15. The van der Waals surface area contributed by atoms with Gasteiger partial charge in [-0.1, -0.05) is 12.1 Å². The average Bonchev–Trinajstić information content (AvgIpc) is 3.29. The fourth-order valence-electron chi connectivity index (χ4n) is 4.26. The van der Waals surface area contributed by atoms with Gasteiger partial charge < -0.3 is 14.7 Å². The van der Waals surface area contributed by atoms with Crippen LogP contribution in [-0.2, 0) is 6.54 Å². The van der Waals surface area contributed by atoms with Gasteiger partial charge in [-0.15, -0.1) is 0 Å². The number of hydrogen-bond acceptors (Lipinski definition) is 4. The zero-order valence-corrected chi connectivity index (χ0v) is 16.8. The number of pyridine rings is 1. The SMILES string of the molecule is CN(Cc1ccc(N2CCCCC2)cc1)C(=O)c1cccnc1N1CCCC1. The molecule has 1 aromatic carbocycles. The van der Waals surface area contributed by atoms with E-state index in [4.69, 9.17) is 0 Å². The molecular formula is C23H30N4O. The Morgan fingerprint density at radius 1 is 0.929 bits per heavy atom. The van der Waals surface area contributed by atoms with Crippen molar-refractivity contribution in [3.8, 4) is 0 Å². The second kappa shape index (κ2) is 8.63. The molecule has 0 aliphatic carbocycles. The summed E-state index contributed by atoms with van der Waals surface area (Å²) in [6.45, 7) is 4.88. The first kappa shape index (κ1) is 18.8. The monoisotopic (exact) mass is 378 g/mol. The van der Waals surface area contributed by atoms with Crippen LogP contribution < -0.4 is 9.80 Å². The van der Waals surface area contributed by atoms with E-state index in [-0.39, 0.29) is 5.91 Å². The van der Waals surface area contributed by atoms with E-state index in [1.807, 2.05) is 19.2 Å². The molecular weight excluding hydrogens is 348 g/mol. The van der Waals surface area contributed by atoms with Gasteiger partial charge >= 0.3 is 0 Å². The topological polar surface area (TPSA) is 39.7 Å². The van der Waals surface area contributed by atoms with Crippen LogP contribution in [0.5, 0.6) is 0 Å². The van der Waals surface area contributed by atoms with Gasteiger partial charge in [0.2, 0.25) is 0 Å². The number of amides is 1. The lowest BCUT2D eigenvalue weighted by Gasteiger charge is -2.29. The van der Waals surface area contributed by atoms with Crippen LogP contribution in [0, 0.1) is 0 Å². The number of anilines is 2. The highest BCUT2D eigenvalue weighted by Gasteiger charge is 2.22. The highest BCUT2D eigenvalue weighted by molar-refractivity contribution is 5.98. The molecule has 0 bridgehead atoms. The molecule has 2 aromatic rings. The maximum Gasteiger partial charge on any atom is 0.257 e. The lowest BCUT2D eigenvalue weighted by molar-refractivity contribution is 0.0785. The van der Waals surface area contributed by atoms with Gasteiger partial charge in [-0.05, 0) is 61.9 Å². The maximum absolute atomic E-state index is 13.1. The average molecular weight is 379 g/mol. The Balaban J connectivity index is 1.43. The molecule has 2 aliphatic heterocycles. The van der Waals surface area contributed by atoms with Gasteiger partial charge in [0.05, 0.1) is 5.56 Å². The molecule has 148 valence electrons. The Kier molecular flexibility index (Phi) is 5.79. The normalized spacial score (nSPS) is 17.0. The summed E-state index contributed by atoms with van der Waals surface area (Å²) < 4.78 is 0. The Morgan fingerprint density at radius 2 is 1.57 bits per heavy atom. The molecule has 5 heteroatoms. The standard InChI is InChI=1S/C23H30N4O/c1-25(18-19-9-11-20(12-10-19)26-14-3-2-4-15-26)23(28)21-8-7-13-24-22(21)27-16-5-6-17-27/h7-13H,2-6,14-18H2,1H3. The van der Waals surface area contributed by atoms with E-state index in [1.54, 1.807) is 11.1 Å². The van der Waals surface area contributed by atoms with E-state index in [0.29, 0.717) is 12.1 Å². The molecule has 0 unspecified atom stereocenters. The van der Waals surface area contributed by atoms with Crippen molar-refractivity contribution < 1.29 is 4.79 Å². The predicted molar refractivity (Wildman–Crippen MR) is 114 cm³/mol. The van der Waals surface area contributed by atoms with Crippen LogP contribution in [-0.4, -0.2) is 49.0 Å². The zero-order valence-electron chi connectivity index (χ0n) is 16.8. The van der Waals surface area contributed by atoms with Crippen molar-refractivity contribution in [2.75, 3.05) is 43.0 Å². The first-order valence-electron chi connectivity index (χ1n) is 10.5. The van der Waals surface area contributed by atoms with Crippen molar-refractivity contribution in [3.63, 3.8) is 0 Å². The summed E-state index contributed by atoms with van der Waals surface area (Å²) in [6.07, 6.45) is 8.03. The molecule has 5 nitrogen and oxygen atoms in total. The van der Waals surface area contributed by atoms with Gasteiger partial charge in [0.25, 0.3) is 5.91 Å². The Hall–Kier alpha value is -2.56. The van der Waals surface area contributed by atoms with Crippen molar-refractivity contribution in [2.24, 2.45) is 0 Å². The molecule has 2 aliphatic rings. The molecule has 1 amide bonds. The van der Waals surface area contributed by atoms with Crippen LogP contribution in [0.1, 0.15) is 48.0 Å². The van der Waals surface area contributed by atoms with Crippen LogP contribution in [0.3, 0.4) is 0 Å². The van der Waals surface area contributed by atoms with Crippen molar-refractivity contribution in [1.29, 1.82) is 0 Å². The Labute approximate surface area is 168 Å². The lowest BCUT2D eigenvalue weighted by Crippen LogP contribution is -2.30. The second-order valence-electron chi connectivity index (χ2n) is 7.94. The van der Waals surface area contributed by atoms with Gasteiger partial charge in [-0.25, -0.2) is 4.98 Å². The molecule has 2 fully saturated rings. The van der Waals surface area contributed by atoms with E-state index in [9.17, 15) is 4.79 Å². The third kappa shape index (κ3) is 4.13. The molecule has 0 N–H and O–H groups in total. The first-order chi connectivity index (χ1) is 13.7. The first-order valence-corrected chi connectivity index (χ1v) is 10.5. The second-order valence-corrected chi connectivity index (χ2v) is 7.94. The van der Waals surface area contributed by atoms with Crippen molar-refractivity contribution >= 4 is 17.4 Å². The van der Waals surface area contributed by atoms with Crippen molar-refractivity contribution in [2.45, 2.75) is 38.6 Å². The number of hydrogen-bond donors (Lipinski definition) is 0. The zero-order chi connectivity index (χ0) is 19.3. The molecule has 0 radical (unpaired) electrons. The Morgan fingerprint density at radius 3 is 2.29 bits per heavy atom. The van der Waals surface area contributed by atoms with E-state index in [0.717, 1.165) is 37.6 Å². The third-order valence-electron chi connectivity index (χ3n) is 5.85. The van der Waals surface area contributed by atoms with Crippen LogP contribution in [0.2, 0.25) is 0 Å². The number of benzene rings is 1. The molecule has 0 saturated carbocycles. The van der Waals surface area contributed by atoms with Gasteiger partial charge in [0.1, 0.15) is 5.82 Å². The molecule has 1 aromatic heterocycles. The minimum atomic E-state index is 0.0371. The molecule has 4 rings (SSSR count).